The van der Waals surface area contributed by atoms with E-state index >= 15 is 0 Å². The molecule has 0 aliphatic carbocycles. The fourth-order valence-electron chi connectivity index (χ4n) is 1.93. The quantitative estimate of drug-likeness (QED) is 0.764. The van der Waals surface area contributed by atoms with Crippen molar-refractivity contribution in [3.63, 3.8) is 0 Å². The Hall–Kier alpha value is -1.97. The molecule has 106 valence electrons. The number of aromatic nitrogens is 1. The Morgan fingerprint density at radius 1 is 1.10 bits per heavy atom. The van der Waals surface area contributed by atoms with Gasteiger partial charge in [0.05, 0.1) is 5.69 Å². The number of rotatable bonds is 6. The van der Waals surface area contributed by atoms with Crippen LogP contribution >= 0.6 is 0 Å². The molecular formula is C16H17F2NO. The first-order valence-electron chi connectivity index (χ1n) is 6.69. The number of aryl methyl sites for hydroxylation is 1. The van der Waals surface area contributed by atoms with E-state index < -0.39 is 6.61 Å². The lowest BCUT2D eigenvalue weighted by Gasteiger charge is -2.06. The molecule has 0 saturated heterocycles. The minimum absolute atomic E-state index is 0.156. The van der Waals surface area contributed by atoms with Crippen molar-refractivity contribution in [2.24, 2.45) is 0 Å². The zero-order valence-electron chi connectivity index (χ0n) is 11.4. The van der Waals surface area contributed by atoms with Gasteiger partial charge in [-0.25, -0.2) is 0 Å². The highest BCUT2D eigenvalue weighted by atomic mass is 19.3. The lowest BCUT2D eigenvalue weighted by molar-refractivity contribution is -0.0498. The maximum Gasteiger partial charge on any atom is 0.387 e. The van der Waals surface area contributed by atoms with Crippen molar-refractivity contribution in [1.29, 1.82) is 0 Å². The SMILES string of the molecule is CCCCc1ccc(-c2ccc(OC(F)F)cc2)nc1. The molecule has 2 rings (SSSR count). The summed E-state index contributed by atoms with van der Waals surface area (Å²) in [6, 6.07) is 10.5. The van der Waals surface area contributed by atoms with Crippen LogP contribution in [0.1, 0.15) is 25.3 Å². The lowest BCUT2D eigenvalue weighted by atomic mass is 10.1. The third-order valence-electron chi connectivity index (χ3n) is 3.02. The summed E-state index contributed by atoms with van der Waals surface area (Å²) in [6.45, 7) is -0.637. The van der Waals surface area contributed by atoms with Gasteiger partial charge < -0.3 is 4.74 Å². The molecule has 0 atom stereocenters. The molecule has 1 aromatic heterocycles. The van der Waals surface area contributed by atoms with Gasteiger partial charge in [-0.1, -0.05) is 19.4 Å². The molecule has 4 heteroatoms. The molecule has 1 aromatic carbocycles. The molecule has 0 unspecified atom stereocenters. The number of hydrogen-bond acceptors (Lipinski definition) is 2. The Bertz CT molecular complexity index is 523. The summed E-state index contributed by atoms with van der Waals surface area (Å²) >= 11 is 0. The highest BCUT2D eigenvalue weighted by Gasteiger charge is 2.05. The van der Waals surface area contributed by atoms with Crippen LogP contribution in [0.3, 0.4) is 0 Å². The van der Waals surface area contributed by atoms with Crippen molar-refractivity contribution < 1.29 is 13.5 Å². The van der Waals surface area contributed by atoms with Gasteiger partial charge >= 0.3 is 6.61 Å². The summed E-state index contributed by atoms with van der Waals surface area (Å²) in [6.07, 6.45) is 5.22. The summed E-state index contributed by atoms with van der Waals surface area (Å²) in [4.78, 5) is 4.40. The maximum absolute atomic E-state index is 12.1. The Labute approximate surface area is 117 Å². The van der Waals surface area contributed by atoms with Gasteiger partial charge in [0, 0.05) is 11.8 Å². The van der Waals surface area contributed by atoms with Gasteiger partial charge in [-0.15, -0.1) is 0 Å². The molecular weight excluding hydrogens is 260 g/mol. The van der Waals surface area contributed by atoms with Crippen molar-refractivity contribution in [1.82, 2.24) is 4.98 Å². The smallest absolute Gasteiger partial charge is 0.387 e. The van der Waals surface area contributed by atoms with Crippen molar-refractivity contribution >= 4 is 0 Å². The molecule has 20 heavy (non-hydrogen) atoms. The summed E-state index contributed by atoms with van der Waals surface area (Å²) in [5.74, 6) is 0.156. The van der Waals surface area contributed by atoms with E-state index in [4.69, 9.17) is 0 Å². The summed E-state index contributed by atoms with van der Waals surface area (Å²) in [7, 11) is 0. The molecule has 0 bridgehead atoms. The monoisotopic (exact) mass is 277 g/mol. The minimum Gasteiger partial charge on any atom is -0.435 e. The van der Waals surface area contributed by atoms with E-state index in [1.165, 1.54) is 17.7 Å². The fraction of sp³-hybridized carbons (Fsp3) is 0.312. The van der Waals surface area contributed by atoms with Crippen LogP contribution in [0.4, 0.5) is 8.78 Å². The molecule has 0 amide bonds. The predicted octanol–water partition coefficient (Wildman–Crippen LogP) is 4.69. The summed E-state index contributed by atoms with van der Waals surface area (Å²) < 4.78 is 28.4. The zero-order chi connectivity index (χ0) is 14.4. The number of benzene rings is 1. The number of pyridine rings is 1. The average molecular weight is 277 g/mol. The molecule has 0 aliphatic heterocycles. The molecule has 0 aliphatic rings. The third-order valence-corrected chi connectivity index (χ3v) is 3.02. The van der Waals surface area contributed by atoms with Crippen LogP contribution in [0, 0.1) is 0 Å². The minimum atomic E-state index is -2.79. The second kappa shape index (κ2) is 6.98. The molecule has 0 fully saturated rings. The van der Waals surface area contributed by atoms with Gasteiger partial charge in [0.25, 0.3) is 0 Å². The van der Waals surface area contributed by atoms with Crippen LogP contribution < -0.4 is 4.74 Å². The third kappa shape index (κ3) is 4.02. The van der Waals surface area contributed by atoms with Crippen LogP contribution in [0.25, 0.3) is 11.3 Å². The standard InChI is InChI=1S/C16H17F2NO/c1-2-3-4-12-5-10-15(19-11-12)13-6-8-14(9-7-13)20-16(17)18/h5-11,16H,2-4H2,1H3. The van der Waals surface area contributed by atoms with Crippen molar-refractivity contribution in [3.05, 3.63) is 48.2 Å². The normalized spacial score (nSPS) is 10.8. The largest absolute Gasteiger partial charge is 0.435 e. The maximum atomic E-state index is 12.1. The van der Waals surface area contributed by atoms with Gasteiger partial charge in [-0.3, -0.25) is 4.98 Å². The number of hydrogen-bond donors (Lipinski definition) is 0. The van der Waals surface area contributed by atoms with E-state index in [-0.39, 0.29) is 5.75 Å². The highest BCUT2D eigenvalue weighted by molar-refractivity contribution is 5.60. The fourth-order valence-corrected chi connectivity index (χ4v) is 1.93. The van der Waals surface area contributed by atoms with E-state index in [0.29, 0.717) is 0 Å². The zero-order valence-corrected chi connectivity index (χ0v) is 11.4. The molecule has 2 aromatic rings. The number of ether oxygens (including phenoxy) is 1. The topological polar surface area (TPSA) is 22.1 Å². The average Bonchev–Trinajstić information content (AvgIpc) is 2.46. The Morgan fingerprint density at radius 2 is 1.85 bits per heavy atom. The van der Waals surface area contributed by atoms with E-state index in [1.54, 1.807) is 12.1 Å². The van der Waals surface area contributed by atoms with Gasteiger partial charge in [0.1, 0.15) is 5.75 Å². The van der Waals surface area contributed by atoms with Crippen LogP contribution in [-0.4, -0.2) is 11.6 Å². The number of unbranched alkanes of at least 4 members (excludes halogenated alkanes) is 1. The Kier molecular flexibility index (Phi) is 5.04. The lowest BCUT2D eigenvalue weighted by Crippen LogP contribution is -2.01. The molecule has 0 saturated carbocycles. The highest BCUT2D eigenvalue weighted by Crippen LogP contribution is 2.22. The first-order valence-corrected chi connectivity index (χ1v) is 6.69. The van der Waals surface area contributed by atoms with Crippen molar-refractivity contribution in [3.8, 4) is 17.0 Å². The summed E-state index contributed by atoms with van der Waals surface area (Å²) in [5, 5.41) is 0. The molecule has 0 spiro atoms. The summed E-state index contributed by atoms with van der Waals surface area (Å²) in [5.41, 5.74) is 2.93. The second-order valence-corrected chi connectivity index (χ2v) is 4.56. The van der Waals surface area contributed by atoms with Crippen LogP contribution in [0.5, 0.6) is 5.75 Å². The molecule has 0 N–H and O–H groups in total. The Morgan fingerprint density at radius 3 is 2.40 bits per heavy atom. The second-order valence-electron chi connectivity index (χ2n) is 4.56. The van der Waals surface area contributed by atoms with Gasteiger partial charge in [-0.05, 0) is 48.7 Å². The van der Waals surface area contributed by atoms with Crippen molar-refractivity contribution in [2.45, 2.75) is 32.8 Å². The van der Waals surface area contributed by atoms with E-state index in [2.05, 4.69) is 22.7 Å². The first kappa shape index (κ1) is 14.4. The molecule has 1 heterocycles. The number of halogens is 2. The van der Waals surface area contributed by atoms with E-state index in [9.17, 15) is 8.78 Å². The van der Waals surface area contributed by atoms with Crippen LogP contribution in [0.2, 0.25) is 0 Å². The van der Waals surface area contributed by atoms with Gasteiger partial charge in [-0.2, -0.15) is 8.78 Å². The number of alkyl halides is 2. The van der Waals surface area contributed by atoms with Gasteiger partial charge in [0.2, 0.25) is 0 Å². The van der Waals surface area contributed by atoms with Crippen molar-refractivity contribution in [2.75, 3.05) is 0 Å². The molecule has 2 nitrogen and oxygen atoms in total. The predicted molar refractivity (Wildman–Crippen MR) is 74.9 cm³/mol. The first-order chi connectivity index (χ1) is 9.69. The number of nitrogens with zero attached hydrogens (tertiary/aromatic N) is 1. The Balaban J connectivity index is 2.07. The molecule has 0 radical (unpaired) electrons. The van der Waals surface area contributed by atoms with E-state index in [0.717, 1.165) is 30.5 Å². The van der Waals surface area contributed by atoms with E-state index in [1.807, 2.05) is 12.3 Å². The van der Waals surface area contributed by atoms with Gasteiger partial charge in [0.15, 0.2) is 0 Å². The van der Waals surface area contributed by atoms with Crippen LogP contribution in [-0.2, 0) is 6.42 Å². The van der Waals surface area contributed by atoms with Crippen LogP contribution in [0.15, 0.2) is 42.6 Å².